The second kappa shape index (κ2) is 7.84. The van der Waals surface area contributed by atoms with Crippen LogP contribution >= 0.6 is 11.8 Å². The SMILES string of the molecule is CCOC(=O)C1(NC)CCCC1CCSC1CCOC1C. The van der Waals surface area contributed by atoms with Gasteiger partial charge in [0.15, 0.2) is 0 Å². The molecule has 1 N–H and O–H groups in total. The number of carbonyl (C=O) groups is 1. The van der Waals surface area contributed by atoms with Crippen LogP contribution in [-0.4, -0.2) is 48.9 Å². The van der Waals surface area contributed by atoms with E-state index in [1.54, 1.807) is 0 Å². The van der Waals surface area contributed by atoms with E-state index in [4.69, 9.17) is 9.47 Å². The summed E-state index contributed by atoms with van der Waals surface area (Å²) < 4.78 is 10.9. The molecule has 4 unspecified atom stereocenters. The van der Waals surface area contributed by atoms with Gasteiger partial charge in [-0.1, -0.05) is 6.42 Å². The maximum atomic E-state index is 12.4. The number of esters is 1. The standard InChI is InChI=1S/C16H29NO3S/c1-4-19-15(18)16(17-3)9-5-6-13(16)8-11-21-14-7-10-20-12(14)2/h12-14,17H,4-11H2,1-3H3. The van der Waals surface area contributed by atoms with Gasteiger partial charge in [-0.3, -0.25) is 4.79 Å². The predicted octanol–water partition coefficient (Wildman–Crippen LogP) is 2.61. The van der Waals surface area contributed by atoms with Crippen molar-refractivity contribution in [1.29, 1.82) is 0 Å². The minimum atomic E-state index is -0.450. The molecule has 1 heterocycles. The second-order valence-electron chi connectivity index (χ2n) is 6.09. The first-order valence-corrected chi connectivity index (χ1v) is 9.28. The van der Waals surface area contributed by atoms with E-state index in [0.29, 0.717) is 23.9 Å². The number of likely N-dealkylation sites (N-methyl/N-ethyl adjacent to an activating group) is 1. The summed E-state index contributed by atoms with van der Waals surface area (Å²) >= 11 is 2.01. The molecular formula is C16H29NO3S. The molecule has 4 nitrogen and oxygen atoms in total. The third-order valence-corrected chi connectivity index (χ3v) is 6.53. The number of hydrogen-bond donors (Lipinski definition) is 1. The Kier molecular flexibility index (Phi) is 6.38. The smallest absolute Gasteiger partial charge is 0.326 e. The lowest BCUT2D eigenvalue weighted by Crippen LogP contribution is -2.54. The summed E-state index contributed by atoms with van der Waals surface area (Å²) in [6, 6.07) is 0. The molecule has 1 aliphatic carbocycles. The zero-order chi connectivity index (χ0) is 15.3. The highest BCUT2D eigenvalue weighted by molar-refractivity contribution is 7.99. The lowest BCUT2D eigenvalue weighted by atomic mass is 9.85. The van der Waals surface area contributed by atoms with Gasteiger partial charge in [0.2, 0.25) is 0 Å². The molecule has 1 aliphatic heterocycles. The van der Waals surface area contributed by atoms with Crippen LogP contribution in [0.25, 0.3) is 0 Å². The Morgan fingerprint density at radius 3 is 2.90 bits per heavy atom. The van der Waals surface area contributed by atoms with Gasteiger partial charge in [-0.05, 0) is 58.2 Å². The summed E-state index contributed by atoms with van der Waals surface area (Å²) in [6.45, 7) is 5.39. The van der Waals surface area contributed by atoms with Crippen molar-refractivity contribution in [3.63, 3.8) is 0 Å². The number of rotatable bonds is 7. The van der Waals surface area contributed by atoms with Crippen LogP contribution in [0.2, 0.25) is 0 Å². The van der Waals surface area contributed by atoms with Gasteiger partial charge in [0.25, 0.3) is 0 Å². The molecule has 1 saturated heterocycles. The Labute approximate surface area is 132 Å². The van der Waals surface area contributed by atoms with Crippen LogP contribution < -0.4 is 5.32 Å². The minimum Gasteiger partial charge on any atom is -0.465 e. The fourth-order valence-electron chi connectivity index (χ4n) is 3.72. The molecule has 4 atom stereocenters. The van der Waals surface area contributed by atoms with Crippen molar-refractivity contribution in [3.05, 3.63) is 0 Å². The molecule has 0 aromatic carbocycles. The predicted molar refractivity (Wildman–Crippen MR) is 86.7 cm³/mol. The quantitative estimate of drug-likeness (QED) is 0.732. The monoisotopic (exact) mass is 315 g/mol. The van der Waals surface area contributed by atoms with Crippen molar-refractivity contribution in [2.24, 2.45) is 5.92 Å². The zero-order valence-corrected chi connectivity index (χ0v) is 14.3. The highest BCUT2D eigenvalue weighted by Gasteiger charge is 2.48. The van der Waals surface area contributed by atoms with Crippen LogP contribution in [0.5, 0.6) is 0 Å². The van der Waals surface area contributed by atoms with Gasteiger partial charge in [-0.25, -0.2) is 0 Å². The first-order chi connectivity index (χ1) is 10.1. The van der Waals surface area contributed by atoms with Crippen molar-refractivity contribution in [2.75, 3.05) is 26.0 Å². The van der Waals surface area contributed by atoms with Crippen molar-refractivity contribution in [2.45, 2.75) is 62.8 Å². The summed E-state index contributed by atoms with van der Waals surface area (Å²) in [5, 5.41) is 3.91. The van der Waals surface area contributed by atoms with E-state index in [0.717, 1.165) is 44.5 Å². The van der Waals surface area contributed by atoms with Crippen molar-refractivity contribution in [1.82, 2.24) is 5.32 Å². The van der Waals surface area contributed by atoms with Gasteiger partial charge in [-0.15, -0.1) is 0 Å². The largest absolute Gasteiger partial charge is 0.465 e. The summed E-state index contributed by atoms with van der Waals surface area (Å²) in [6.07, 6.45) is 5.74. The van der Waals surface area contributed by atoms with Gasteiger partial charge in [0, 0.05) is 11.9 Å². The third-order valence-electron chi connectivity index (χ3n) is 5.01. The number of ether oxygens (including phenoxy) is 2. The Balaban J connectivity index is 1.87. The van der Waals surface area contributed by atoms with Crippen LogP contribution in [0.15, 0.2) is 0 Å². The molecule has 2 rings (SSSR count). The molecule has 0 radical (unpaired) electrons. The molecule has 0 amide bonds. The van der Waals surface area contributed by atoms with Crippen molar-refractivity contribution >= 4 is 17.7 Å². The first-order valence-electron chi connectivity index (χ1n) is 8.23. The molecule has 0 spiro atoms. The number of hydrogen-bond acceptors (Lipinski definition) is 5. The van der Waals surface area contributed by atoms with Crippen molar-refractivity contribution in [3.8, 4) is 0 Å². The topological polar surface area (TPSA) is 47.6 Å². The van der Waals surface area contributed by atoms with E-state index in [2.05, 4.69) is 12.2 Å². The zero-order valence-electron chi connectivity index (χ0n) is 13.5. The van der Waals surface area contributed by atoms with Gasteiger partial charge in [0.05, 0.1) is 12.7 Å². The number of thioether (sulfide) groups is 1. The van der Waals surface area contributed by atoms with E-state index < -0.39 is 5.54 Å². The van der Waals surface area contributed by atoms with Gasteiger partial charge in [-0.2, -0.15) is 11.8 Å². The van der Waals surface area contributed by atoms with Gasteiger partial charge in [0.1, 0.15) is 5.54 Å². The van der Waals surface area contributed by atoms with Crippen LogP contribution in [0, 0.1) is 5.92 Å². The van der Waals surface area contributed by atoms with Crippen molar-refractivity contribution < 1.29 is 14.3 Å². The van der Waals surface area contributed by atoms with E-state index in [-0.39, 0.29) is 5.97 Å². The highest BCUT2D eigenvalue weighted by atomic mass is 32.2. The van der Waals surface area contributed by atoms with Crippen LogP contribution in [0.3, 0.4) is 0 Å². The summed E-state index contributed by atoms with van der Waals surface area (Å²) in [7, 11) is 1.90. The van der Waals surface area contributed by atoms with Crippen LogP contribution in [0.1, 0.15) is 46.0 Å². The first kappa shape index (κ1) is 17.1. The normalized spacial score (nSPS) is 36.0. The molecule has 2 fully saturated rings. The average Bonchev–Trinajstić information content (AvgIpc) is 3.07. The highest BCUT2D eigenvalue weighted by Crippen LogP contribution is 2.40. The summed E-state index contributed by atoms with van der Waals surface area (Å²) in [4.78, 5) is 12.4. The van der Waals surface area contributed by atoms with E-state index in [1.165, 1.54) is 0 Å². The Hall–Kier alpha value is -0.260. The second-order valence-corrected chi connectivity index (χ2v) is 7.44. The molecule has 1 saturated carbocycles. The minimum absolute atomic E-state index is 0.0578. The number of nitrogens with one attached hydrogen (secondary N) is 1. The van der Waals surface area contributed by atoms with Crippen LogP contribution in [0.4, 0.5) is 0 Å². The van der Waals surface area contributed by atoms with Gasteiger partial charge >= 0.3 is 5.97 Å². The maximum absolute atomic E-state index is 12.4. The summed E-state index contributed by atoms with van der Waals surface area (Å²) in [5.74, 6) is 1.44. The maximum Gasteiger partial charge on any atom is 0.326 e. The van der Waals surface area contributed by atoms with E-state index >= 15 is 0 Å². The molecule has 21 heavy (non-hydrogen) atoms. The molecule has 122 valence electrons. The fourth-order valence-corrected chi connectivity index (χ4v) is 5.06. The Bertz CT molecular complexity index is 352. The fraction of sp³-hybridized carbons (Fsp3) is 0.938. The third kappa shape index (κ3) is 3.74. The molecule has 0 bridgehead atoms. The lowest BCUT2D eigenvalue weighted by Gasteiger charge is -2.33. The molecule has 5 heteroatoms. The number of carbonyl (C=O) groups excluding carboxylic acids is 1. The summed E-state index contributed by atoms with van der Waals surface area (Å²) in [5.41, 5.74) is -0.450. The van der Waals surface area contributed by atoms with Crippen LogP contribution in [-0.2, 0) is 14.3 Å². The van der Waals surface area contributed by atoms with E-state index in [1.807, 2.05) is 25.7 Å². The Morgan fingerprint density at radius 2 is 2.29 bits per heavy atom. The lowest BCUT2D eigenvalue weighted by molar-refractivity contribution is -0.152. The average molecular weight is 315 g/mol. The molecule has 0 aromatic rings. The molecular weight excluding hydrogens is 286 g/mol. The van der Waals surface area contributed by atoms with E-state index in [9.17, 15) is 4.79 Å². The molecule has 0 aromatic heterocycles. The van der Waals surface area contributed by atoms with Gasteiger partial charge < -0.3 is 14.8 Å². The molecule has 2 aliphatic rings. The Morgan fingerprint density at radius 1 is 1.48 bits per heavy atom.